The number of pyridine rings is 1. The van der Waals surface area contributed by atoms with E-state index in [-0.39, 0.29) is 17.6 Å². The van der Waals surface area contributed by atoms with Crippen molar-refractivity contribution in [2.45, 2.75) is 6.18 Å². The molecule has 3 rings (SSSR count). The van der Waals surface area contributed by atoms with Gasteiger partial charge in [-0.2, -0.15) is 13.2 Å². The summed E-state index contributed by atoms with van der Waals surface area (Å²) in [5.74, 6) is 0.659. The molecule has 132 valence electrons. The molecular formula is C15H19F3N4O2. The third-order valence-corrected chi connectivity index (χ3v) is 4.40. The molecule has 2 saturated heterocycles. The number of hydrogen-bond donors (Lipinski definition) is 1. The number of rotatable bonds is 3. The third kappa shape index (κ3) is 3.26. The number of nitrogens with zero attached hydrogens (tertiary/aromatic N) is 3. The highest BCUT2D eigenvalue weighted by molar-refractivity contribution is 5.80. The second-order valence-electron chi connectivity index (χ2n) is 5.92. The van der Waals surface area contributed by atoms with Gasteiger partial charge in [0, 0.05) is 45.5 Å². The number of amides is 1. The number of carbonyl (C=O) groups is 1. The molecule has 3 heterocycles. The van der Waals surface area contributed by atoms with Crippen molar-refractivity contribution in [1.29, 1.82) is 0 Å². The lowest BCUT2D eigenvalue weighted by atomic mass is 10.0. The van der Waals surface area contributed by atoms with Crippen molar-refractivity contribution in [2.75, 3.05) is 51.3 Å². The van der Waals surface area contributed by atoms with Crippen molar-refractivity contribution < 1.29 is 22.7 Å². The Kier molecular flexibility index (Phi) is 4.53. The van der Waals surface area contributed by atoms with Gasteiger partial charge in [-0.25, -0.2) is 4.98 Å². The standard InChI is InChI=1S/C15H19F3N4O2/c1-24-12-6-11(15(16,17)18)9-20-13(12)21-2-4-22(5-3-21)14(23)10-7-19-8-10/h6,9-10,19H,2-5,7-8H2,1H3. The fourth-order valence-corrected chi connectivity index (χ4v) is 2.84. The van der Waals surface area contributed by atoms with E-state index in [1.165, 1.54) is 7.11 Å². The molecule has 0 spiro atoms. The van der Waals surface area contributed by atoms with E-state index in [1.807, 2.05) is 4.90 Å². The molecule has 2 aliphatic rings. The summed E-state index contributed by atoms with van der Waals surface area (Å²) in [5.41, 5.74) is -0.839. The summed E-state index contributed by atoms with van der Waals surface area (Å²) >= 11 is 0. The normalized spacial score (nSPS) is 19.2. The Bertz CT molecular complexity index is 611. The fourth-order valence-electron chi connectivity index (χ4n) is 2.84. The van der Waals surface area contributed by atoms with Gasteiger partial charge < -0.3 is 19.9 Å². The Labute approximate surface area is 137 Å². The highest BCUT2D eigenvalue weighted by Crippen LogP contribution is 2.35. The number of carbonyl (C=O) groups excluding carboxylic acids is 1. The largest absolute Gasteiger partial charge is 0.493 e. The molecule has 0 aliphatic carbocycles. The van der Waals surface area contributed by atoms with E-state index in [2.05, 4.69) is 10.3 Å². The molecule has 1 aromatic heterocycles. The Morgan fingerprint density at radius 3 is 2.46 bits per heavy atom. The van der Waals surface area contributed by atoms with E-state index in [0.29, 0.717) is 45.1 Å². The molecule has 6 nitrogen and oxygen atoms in total. The highest BCUT2D eigenvalue weighted by Gasteiger charge is 2.34. The van der Waals surface area contributed by atoms with Crippen LogP contribution in [0.2, 0.25) is 0 Å². The zero-order valence-electron chi connectivity index (χ0n) is 13.3. The molecule has 0 unspecified atom stereocenters. The number of methoxy groups -OCH3 is 1. The first-order chi connectivity index (χ1) is 11.4. The molecule has 0 saturated carbocycles. The summed E-state index contributed by atoms with van der Waals surface area (Å²) in [7, 11) is 1.32. The number of halogens is 3. The van der Waals surface area contributed by atoms with E-state index in [9.17, 15) is 18.0 Å². The van der Waals surface area contributed by atoms with Gasteiger partial charge in [0.15, 0.2) is 11.6 Å². The van der Waals surface area contributed by atoms with Crippen molar-refractivity contribution >= 4 is 11.7 Å². The Morgan fingerprint density at radius 2 is 1.96 bits per heavy atom. The van der Waals surface area contributed by atoms with Crippen LogP contribution in [0.15, 0.2) is 12.3 Å². The summed E-state index contributed by atoms with van der Waals surface area (Å²) in [6, 6.07) is 0.958. The quantitative estimate of drug-likeness (QED) is 0.886. The third-order valence-electron chi connectivity index (χ3n) is 4.40. The van der Waals surface area contributed by atoms with E-state index in [0.717, 1.165) is 12.3 Å². The van der Waals surface area contributed by atoms with Crippen molar-refractivity contribution in [3.8, 4) is 5.75 Å². The van der Waals surface area contributed by atoms with Crippen LogP contribution in [0.5, 0.6) is 5.75 Å². The minimum absolute atomic E-state index is 0.0512. The molecule has 2 fully saturated rings. The minimum Gasteiger partial charge on any atom is -0.493 e. The van der Waals surface area contributed by atoms with Crippen LogP contribution in [-0.2, 0) is 11.0 Å². The average molecular weight is 344 g/mol. The lowest BCUT2D eigenvalue weighted by Crippen LogP contribution is -2.56. The monoisotopic (exact) mass is 344 g/mol. The zero-order valence-corrected chi connectivity index (χ0v) is 13.3. The van der Waals surface area contributed by atoms with Gasteiger partial charge in [0.1, 0.15) is 0 Å². The molecule has 0 aromatic carbocycles. The summed E-state index contributed by atoms with van der Waals surface area (Å²) in [4.78, 5) is 19.8. The minimum atomic E-state index is -4.46. The number of alkyl halides is 3. The number of nitrogens with one attached hydrogen (secondary N) is 1. The Morgan fingerprint density at radius 1 is 1.29 bits per heavy atom. The van der Waals surface area contributed by atoms with Gasteiger partial charge in [0.2, 0.25) is 5.91 Å². The average Bonchev–Trinajstić information content (AvgIpc) is 2.52. The summed E-state index contributed by atoms with van der Waals surface area (Å²) in [5, 5.41) is 3.07. The first kappa shape index (κ1) is 16.8. The van der Waals surface area contributed by atoms with Gasteiger partial charge in [-0.3, -0.25) is 4.79 Å². The van der Waals surface area contributed by atoms with Crippen LogP contribution in [-0.4, -0.2) is 62.2 Å². The van der Waals surface area contributed by atoms with Crippen molar-refractivity contribution in [3.05, 3.63) is 17.8 Å². The second-order valence-corrected chi connectivity index (χ2v) is 5.92. The fraction of sp³-hybridized carbons (Fsp3) is 0.600. The lowest BCUT2D eigenvalue weighted by Gasteiger charge is -2.39. The van der Waals surface area contributed by atoms with Gasteiger partial charge in [-0.05, 0) is 6.07 Å². The molecule has 0 bridgehead atoms. The van der Waals surface area contributed by atoms with Crippen LogP contribution in [0.25, 0.3) is 0 Å². The number of hydrogen-bond acceptors (Lipinski definition) is 5. The Hall–Kier alpha value is -2.03. The molecule has 0 atom stereocenters. The maximum Gasteiger partial charge on any atom is 0.418 e. The highest BCUT2D eigenvalue weighted by atomic mass is 19.4. The molecule has 2 aliphatic heterocycles. The topological polar surface area (TPSA) is 57.7 Å². The number of piperazine rings is 1. The predicted molar refractivity (Wildman–Crippen MR) is 80.9 cm³/mol. The second kappa shape index (κ2) is 6.46. The van der Waals surface area contributed by atoms with Crippen LogP contribution in [0.4, 0.5) is 19.0 Å². The van der Waals surface area contributed by atoms with Crippen molar-refractivity contribution in [2.24, 2.45) is 5.92 Å². The van der Waals surface area contributed by atoms with Gasteiger partial charge in [-0.1, -0.05) is 0 Å². The summed E-state index contributed by atoms with van der Waals surface area (Å²) < 4.78 is 43.4. The van der Waals surface area contributed by atoms with Crippen LogP contribution in [0.3, 0.4) is 0 Å². The number of anilines is 1. The van der Waals surface area contributed by atoms with Crippen molar-refractivity contribution in [3.63, 3.8) is 0 Å². The first-order valence-electron chi connectivity index (χ1n) is 7.76. The molecule has 24 heavy (non-hydrogen) atoms. The molecule has 1 amide bonds. The maximum atomic E-state index is 12.8. The van der Waals surface area contributed by atoms with Crippen LogP contribution >= 0.6 is 0 Å². The SMILES string of the molecule is COc1cc(C(F)(F)F)cnc1N1CCN(C(=O)C2CNC2)CC1. The van der Waals surface area contributed by atoms with E-state index in [4.69, 9.17) is 4.74 Å². The van der Waals surface area contributed by atoms with E-state index < -0.39 is 11.7 Å². The van der Waals surface area contributed by atoms with Gasteiger partial charge in [0.05, 0.1) is 18.6 Å². The van der Waals surface area contributed by atoms with Crippen LogP contribution in [0.1, 0.15) is 5.56 Å². The van der Waals surface area contributed by atoms with Crippen LogP contribution < -0.4 is 15.0 Å². The van der Waals surface area contributed by atoms with Crippen LogP contribution in [0, 0.1) is 5.92 Å². The molecular weight excluding hydrogens is 325 g/mol. The Balaban J connectivity index is 1.68. The van der Waals surface area contributed by atoms with E-state index >= 15 is 0 Å². The summed E-state index contributed by atoms with van der Waals surface area (Å²) in [6.45, 7) is 3.52. The summed E-state index contributed by atoms with van der Waals surface area (Å²) in [6.07, 6.45) is -3.64. The zero-order chi connectivity index (χ0) is 17.3. The molecule has 0 radical (unpaired) electrons. The number of aromatic nitrogens is 1. The smallest absolute Gasteiger partial charge is 0.418 e. The lowest BCUT2D eigenvalue weighted by molar-refractivity contribution is -0.138. The van der Waals surface area contributed by atoms with Crippen molar-refractivity contribution in [1.82, 2.24) is 15.2 Å². The molecule has 9 heteroatoms. The van der Waals surface area contributed by atoms with E-state index in [1.54, 1.807) is 4.90 Å². The molecule has 1 N–H and O–H groups in total. The first-order valence-corrected chi connectivity index (χ1v) is 7.76. The van der Waals surface area contributed by atoms with Gasteiger partial charge in [0.25, 0.3) is 0 Å². The van der Waals surface area contributed by atoms with Gasteiger partial charge in [-0.15, -0.1) is 0 Å². The van der Waals surface area contributed by atoms with Gasteiger partial charge >= 0.3 is 6.18 Å². The number of ether oxygens (including phenoxy) is 1. The predicted octanol–water partition coefficient (Wildman–Crippen LogP) is 0.977. The maximum absolute atomic E-state index is 12.8. The molecule has 1 aromatic rings.